The first-order chi connectivity index (χ1) is 7.26. The summed E-state index contributed by atoms with van der Waals surface area (Å²) in [4.78, 5) is 11.1. The van der Waals surface area contributed by atoms with Gasteiger partial charge in [0.15, 0.2) is 5.25 Å². The van der Waals surface area contributed by atoms with Gasteiger partial charge in [0, 0.05) is 6.54 Å². The Kier molecular flexibility index (Phi) is 3.26. The molecule has 6 nitrogen and oxygen atoms in total. The summed E-state index contributed by atoms with van der Waals surface area (Å²) in [6, 6.07) is 1.64. The average Bonchev–Trinajstić information content (AvgIpc) is 2.61. The van der Waals surface area contributed by atoms with Gasteiger partial charge < -0.3 is 5.11 Å². The fourth-order valence-electron chi connectivity index (χ4n) is 1.82. The molecule has 1 fully saturated rings. The molecule has 2 atom stereocenters. The monoisotopic (exact) mass is 246 g/mol. The highest BCUT2D eigenvalue weighted by Crippen LogP contribution is 2.33. The fourth-order valence-corrected chi connectivity index (χ4v) is 3.45. The first-order valence-corrected chi connectivity index (χ1v) is 6.42. The Morgan fingerprint density at radius 3 is 2.62 bits per heavy atom. The number of carboxylic acid groups (broad SMARTS) is 1. The van der Waals surface area contributed by atoms with Crippen molar-refractivity contribution in [2.24, 2.45) is 0 Å². The van der Waals surface area contributed by atoms with Crippen LogP contribution in [0, 0.1) is 11.3 Å². The smallest absolute Gasteiger partial charge is 0.324 e. The van der Waals surface area contributed by atoms with E-state index in [0.717, 1.165) is 4.31 Å². The number of carboxylic acids is 1. The van der Waals surface area contributed by atoms with E-state index in [0.29, 0.717) is 6.42 Å². The summed E-state index contributed by atoms with van der Waals surface area (Å²) in [7, 11) is -3.85. The van der Waals surface area contributed by atoms with Crippen LogP contribution in [0.3, 0.4) is 0 Å². The van der Waals surface area contributed by atoms with Gasteiger partial charge in [-0.05, 0) is 26.7 Å². The summed E-state index contributed by atoms with van der Waals surface area (Å²) in [6.45, 7) is 2.80. The van der Waals surface area contributed by atoms with Crippen LogP contribution in [0.5, 0.6) is 0 Å². The van der Waals surface area contributed by atoms with E-state index >= 15 is 0 Å². The number of hydrogen-bond donors (Lipinski definition) is 1. The van der Waals surface area contributed by atoms with Crippen LogP contribution < -0.4 is 0 Å². The first kappa shape index (κ1) is 12.9. The zero-order chi connectivity index (χ0) is 12.6. The second kappa shape index (κ2) is 4.03. The van der Waals surface area contributed by atoms with Crippen molar-refractivity contribution in [2.45, 2.75) is 37.5 Å². The predicted octanol–water partition coefficient (Wildman–Crippen LogP) is 0.167. The molecule has 0 radical (unpaired) electrons. The third-order valence-corrected chi connectivity index (χ3v) is 5.17. The maximum absolute atomic E-state index is 11.9. The highest BCUT2D eigenvalue weighted by atomic mass is 32.2. The molecule has 0 aromatic carbocycles. The van der Waals surface area contributed by atoms with Crippen LogP contribution in [0.4, 0.5) is 0 Å². The van der Waals surface area contributed by atoms with E-state index in [1.807, 2.05) is 0 Å². The van der Waals surface area contributed by atoms with Gasteiger partial charge in [0.05, 0.1) is 6.07 Å². The summed E-state index contributed by atoms with van der Waals surface area (Å²) in [5.41, 5.74) is -1.41. The lowest BCUT2D eigenvalue weighted by Crippen LogP contribution is -2.52. The molecule has 1 N–H and O–H groups in total. The van der Waals surface area contributed by atoms with Crippen LogP contribution in [-0.4, -0.2) is 41.1 Å². The maximum atomic E-state index is 11.9. The summed E-state index contributed by atoms with van der Waals surface area (Å²) in [6.07, 6.45) is 0.778. The molecule has 1 rings (SSSR count). The highest BCUT2D eigenvalue weighted by molar-refractivity contribution is 7.90. The second-order valence-electron chi connectivity index (χ2n) is 4.07. The second-order valence-corrected chi connectivity index (χ2v) is 6.25. The van der Waals surface area contributed by atoms with Gasteiger partial charge in [0.1, 0.15) is 5.54 Å². The molecule has 0 spiro atoms. The Morgan fingerprint density at radius 1 is 1.62 bits per heavy atom. The van der Waals surface area contributed by atoms with Gasteiger partial charge in [0.2, 0.25) is 10.0 Å². The van der Waals surface area contributed by atoms with Gasteiger partial charge in [0.25, 0.3) is 0 Å². The lowest BCUT2D eigenvalue weighted by molar-refractivity contribution is -0.146. The van der Waals surface area contributed by atoms with Crippen molar-refractivity contribution in [1.29, 1.82) is 5.26 Å². The number of rotatable bonds is 3. The number of aliphatic carboxylic acids is 1. The maximum Gasteiger partial charge on any atom is 0.324 e. The van der Waals surface area contributed by atoms with Crippen LogP contribution in [0.25, 0.3) is 0 Å². The van der Waals surface area contributed by atoms with E-state index in [1.54, 1.807) is 6.07 Å². The SMILES string of the molecule is CC(C#N)S(=O)(=O)N1CCCC1(C)C(=O)O. The highest BCUT2D eigenvalue weighted by Gasteiger charge is 2.50. The minimum Gasteiger partial charge on any atom is -0.480 e. The van der Waals surface area contributed by atoms with Crippen molar-refractivity contribution in [1.82, 2.24) is 4.31 Å². The molecule has 7 heteroatoms. The number of nitriles is 1. The van der Waals surface area contributed by atoms with Crippen molar-refractivity contribution in [2.75, 3.05) is 6.54 Å². The minimum absolute atomic E-state index is 0.164. The van der Waals surface area contributed by atoms with Crippen molar-refractivity contribution < 1.29 is 18.3 Å². The number of nitrogens with zero attached hydrogens (tertiary/aromatic N) is 2. The van der Waals surface area contributed by atoms with E-state index in [2.05, 4.69) is 0 Å². The largest absolute Gasteiger partial charge is 0.480 e. The number of sulfonamides is 1. The Bertz CT molecular complexity index is 439. The third kappa shape index (κ3) is 1.79. The van der Waals surface area contributed by atoms with E-state index in [-0.39, 0.29) is 13.0 Å². The molecule has 16 heavy (non-hydrogen) atoms. The summed E-state index contributed by atoms with van der Waals surface area (Å²) in [5.74, 6) is -1.17. The fraction of sp³-hybridized carbons (Fsp3) is 0.778. The number of hydrogen-bond acceptors (Lipinski definition) is 4. The quantitative estimate of drug-likeness (QED) is 0.765. The molecule has 1 heterocycles. The van der Waals surface area contributed by atoms with Crippen LogP contribution >= 0.6 is 0 Å². The standard InChI is InChI=1S/C9H14N2O4S/c1-7(6-10)16(14,15)11-5-3-4-9(11,2)8(12)13/h7H,3-5H2,1-2H3,(H,12,13). The Balaban J connectivity index is 3.16. The van der Waals surface area contributed by atoms with Gasteiger partial charge in [-0.3, -0.25) is 4.79 Å². The molecular weight excluding hydrogens is 232 g/mol. The first-order valence-electron chi connectivity index (χ1n) is 4.91. The van der Waals surface area contributed by atoms with Crippen molar-refractivity contribution >= 4 is 16.0 Å². The lowest BCUT2D eigenvalue weighted by atomic mass is 10.0. The molecule has 1 aliphatic rings. The molecule has 90 valence electrons. The molecule has 0 bridgehead atoms. The molecule has 0 aromatic rings. The van der Waals surface area contributed by atoms with Crippen LogP contribution in [0.2, 0.25) is 0 Å². The van der Waals surface area contributed by atoms with E-state index < -0.39 is 26.8 Å². The molecule has 0 aliphatic carbocycles. The lowest BCUT2D eigenvalue weighted by Gasteiger charge is -2.30. The Hall–Kier alpha value is -1.13. The zero-order valence-corrected chi connectivity index (χ0v) is 9.99. The minimum atomic E-state index is -3.85. The van der Waals surface area contributed by atoms with Gasteiger partial charge in [-0.25, -0.2) is 8.42 Å². The molecule has 0 saturated carbocycles. The topological polar surface area (TPSA) is 98.5 Å². The Labute approximate surface area is 94.5 Å². The van der Waals surface area contributed by atoms with Crippen molar-refractivity contribution in [3.8, 4) is 6.07 Å². The van der Waals surface area contributed by atoms with Crippen molar-refractivity contribution in [3.05, 3.63) is 0 Å². The summed E-state index contributed by atoms with van der Waals surface area (Å²) < 4.78 is 24.8. The van der Waals surface area contributed by atoms with Gasteiger partial charge >= 0.3 is 5.97 Å². The average molecular weight is 246 g/mol. The predicted molar refractivity (Wildman–Crippen MR) is 56.0 cm³/mol. The van der Waals surface area contributed by atoms with Crippen LogP contribution in [0.15, 0.2) is 0 Å². The summed E-state index contributed by atoms with van der Waals surface area (Å²) >= 11 is 0. The van der Waals surface area contributed by atoms with Crippen molar-refractivity contribution in [3.63, 3.8) is 0 Å². The number of carbonyl (C=O) groups is 1. The molecule has 1 saturated heterocycles. The summed E-state index contributed by atoms with van der Waals surface area (Å²) in [5, 5.41) is 16.5. The molecule has 1 aliphatic heterocycles. The molecule has 0 amide bonds. The molecular formula is C9H14N2O4S. The van der Waals surface area contributed by atoms with Crippen LogP contribution in [-0.2, 0) is 14.8 Å². The third-order valence-electron chi connectivity index (χ3n) is 2.97. The Morgan fingerprint density at radius 2 is 2.19 bits per heavy atom. The van der Waals surface area contributed by atoms with Gasteiger partial charge in [-0.2, -0.15) is 9.57 Å². The zero-order valence-electron chi connectivity index (χ0n) is 9.17. The van der Waals surface area contributed by atoms with Gasteiger partial charge in [-0.15, -0.1) is 0 Å². The molecule has 2 unspecified atom stereocenters. The van der Waals surface area contributed by atoms with E-state index in [4.69, 9.17) is 10.4 Å². The van der Waals surface area contributed by atoms with Crippen LogP contribution in [0.1, 0.15) is 26.7 Å². The van der Waals surface area contributed by atoms with Gasteiger partial charge in [-0.1, -0.05) is 0 Å². The van der Waals surface area contributed by atoms with E-state index in [9.17, 15) is 13.2 Å². The van der Waals surface area contributed by atoms with E-state index in [1.165, 1.54) is 13.8 Å². The molecule has 0 aromatic heterocycles. The normalized spacial score (nSPS) is 28.6.